The average Bonchev–Trinajstić information content (AvgIpc) is 3.31. The van der Waals surface area contributed by atoms with Crippen LogP contribution in [0.2, 0.25) is 0 Å². The first-order valence-corrected chi connectivity index (χ1v) is 11.6. The van der Waals surface area contributed by atoms with E-state index >= 15 is 0 Å². The smallest absolute Gasteiger partial charge is 0.00286 e. The molecule has 2 atom stereocenters. The molecule has 1 nitrogen and oxygen atoms in total. The highest BCUT2D eigenvalue weighted by Gasteiger charge is 2.33. The molecular formula is C27H49N. The number of rotatable bonds is 5. The van der Waals surface area contributed by atoms with E-state index in [1.165, 1.54) is 63.6 Å². The first-order valence-electron chi connectivity index (χ1n) is 11.6. The van der Waals surface area contributed by atoms with Crippen molar-refractivity contribution in [2.24, 2.45) is 17.3 Å². The molecule has 0 radical (unpaired) electrons. The molecule has 1 saturated heterocycles. The van der Waals surface area contributed by atoms with Gasteiger partial charge in [0, 0.05) is 0 Å². The van der Waals surface area contributed by atoms with Crippen molar-refractivity contribution in [3.8, 4) is 0 Å². The third kappa shape index (κ3) is 7.39. The SMILES string of the molecule is C.C=CC1=CCC(CC)C(CC)C1.CC.CCC1(C2=CCC=C2)CCNCC1. The normalized spacial score (nSPS) is 25.0. The van der Waals surface area contributed by atoms with Crippen molar-refractivity contribution in [3.05, 3.63) is 48.1 Å². The van der Waals surface area contributed by atoms with Crippen LogP contribution in [0.25, 0.3) is 0 Å². The summed E-state index contributed by atoms with van der Waals surface area (Å²) in [4.78, 5) is 0. The van der Waals surface area contributed by atoms with Crippen LogP contribution in [-0.4, -0.2) is 13.1 Å². The second kappa shape index (κ2) is 14.9. The molecule has 0 spiro atoms. The fraction of sp³-hybridized carbons (Fsp3) is 0.704. The summed E-state index contributed by atoms with van der Waals surface area (Å²) in [6.07, 6.45) is 21.7. The van der Waals surface area contributed by atoms with Crippen LogP contribution < -0.4 is 5.32 Å². The number of piperidine rings is 1. The maximum atomic E-state index is 3.84. The lowest BCUT2D eigenvalue weighted by Gasteiger charge is -2.37. The molecular weight excluding hydrogens is 338 g/mol. The van der Waals surface area contributed by atoms with E-state index in [0.717, 1.165) is 18.3 Å². The van der Waals surface area contributed by atoms with Crippen molar-refractivity contribution in [2.75, 3.05) is 13.1 Å². The number of hydrogen-bond donors (Lipinski definition) is 1. The van der Waals surface area contributed by atoms with Gasteiger partial charge in [-0.1, -0.05) is 97.4 Å². The molecule has 2 unspecified atom stereocenters. The van der Waals surface area contributed by atoms with Gasteiger partial charge in [-0.05, 0) is 74.4 Å². The fourth-order valence-corrected chi connectivity index (χ4v) is 4.80. The summed E-state index contributed by atoms with van der Waals surface area (Å²) in [5.74, 6) is 1.84. The van der Waals surface area contributed by atoms with Crippen LogP contribution in [0.15, 0.2) is 48.1 Å². The Bertz CT molecular complexity index is 502. The molecule has 3 rings (SSSR count). The van der Waals surface area contributed by atoms with Crippen molar-refractivity contribution in [3.63, 3.8) is 0 Å². The van der Waals surface area contributed by atoms with Gasteiger partial charge < -0.3 is 5.32 Å². The largest absolute Gasteiger partial charge is 0.317 e. The monoisotopic (exact) mass is 387 g/mol. The molecule has 3 aliphatic rings. The van der Waals surface area contributed by atoms with Gasteiger partial charge in [0.25, 0.3) is 0 Å². The van der Waals surface area contributed by atoms with Crippen molar-refractivity contribution >= 4 is 0 Å². The third-order valence-electron chi connectivity index (χ3n) is 6.78. The van der Waals surface area contributed by atoms with E-state index in [9.17, 15) is 0 Å². The average molecular weight is 388 g/mol. The standard InChI is InChI=1S/C12H19N.C12H20.C2H6.CH4/c1-2-12(7-9-13-10-8-12)11-5-3-4-6-11;1-4-10-7-8-11(5-2)12(6-3)9-10;1-2;/h3,5-6,13H,2,4,7-10H2,1H3;4,7,11-12H,1,5-6,8-9H2,2-3H3;1-2H3;1H4. The molecule has 1 N–H and O–H groups in total. The Labute approximate surface area is 177 Å². The lowest BCUT2D eigenvalue weighted by molar-refractivity contribution is 0.250. The first kappa shape index (κ1) is 26.9. The van der Waals surface area contributed by atoms with Crippen LogP contribution in [0.5, 0.6) is 0 Å². The van der Waals surface area contributed by atoms with Gasteiger partial charge in [0.2, 0.25) is 0 Å². The summed E-state index contributed by atoms with van der Waals surface area (Å²) in [7, 11) is 0. The Morgan fingerprint density at radius 3 is 2.18 bits per heavy atom. The van der Waals surface area contributed by atoms with Crippen LogP contribution >= 0.6 is 0 Å². The van der Waals surface area contributed by atoms with E-state index < -0.39 is 0 Å². The molecule has 28 heavy (non-hydrogen) atoms. The van der Waals surface area contributed by atoms with Crippen molar-refractivity contribution in [2.45, 2.75) is 93.4 Å². The Morgan fingerprint density at radius 2 is 1.71 bits per heavy atom. The van der Waals surface area contributed by atoms with Gasteiger partial charge in [0.05, 0.1) is 0 Å². The summed E-state index contributed by atoms with van der Waals surface area (Å²) in [6.45, 7) is 17.2. The maximum Gasteiger partial charge on any atom is -0.00286 e. The second-order valence-corrected chi connectivity index (χ2v) is 7.94. The van der Waals surface area contributed by atoms with Gasteiger partial charge in [-0.15, -0.1) is 0 Å². The zero-order valence-electron chi connectivity index (χ0n) is 18.8. The minimum Gasteiger partial charge on any atom is -0.317 e. The van der Waals surface area contributed by atoms with E-state index in [1.54, 1.807) is 5.57 Å². The van der Waals surface area contributed by atoms with E-state index in [2.05, 4.69) is 57.0 Å². The quantitative estimate of drug-likeness (QED) is 0.500. The number of nitrogens with one attached hydrogen (secondary N) is 1. The minimum absolute atomic E-state index is 0. The molecule has 1 heterocycles. The molecule has 0 bridgehead atoms. The lowest BCUT2D eigenvalue weighted by atomic mass is 9.71. The highest BCUT2D eigenvalue weighted by atomic mass is 14.9. The first-order chi connectivity index (χ1) is 13.2. The second-order valence-electron chi connectivity index (χ2n) is 7.94. The van der Waals surface area contributed by atoms with Crippen molar-refractivity contribution in [1.29, 1.82) is 0 Å². The Morgan fingerprint density at radius 1 is 1.07 bits per heavy atom. The van der Waals surface area contributed by atoms with Gasteiger partial charge in [-0.3, -0.25) is 0 Å². The number of hydrogen-bond acceptors (Lipinski definition) is 1. The van der Waals surface area contributed by atoms with Gasteiger partial charge in [-0.2, -0.15) is 0 Å². The summed E-state index contributed by atoms with van der Waals surface area (Å²) in [5.41, 5.74) is 3.58. The van der Waals surface area contributed by atoms with Crippen molar-refractivity contribution < 1.29 is 0 Å². The zero-order valence-corrected chi connectivity index (χ0v) is 18.8. The highest BCUT2D eigenvalue weighted by molar-refractivity contribution is 5.33. The summed E-state index contributed by atoms with van der Waals surface area (Å²) in [6, 6.07) is 0. The molecule has 1 aliphatic heterocycles. The lowest BCUT2D eigenvalue weighted by Crippen LogP contribution is -2.37. The van der Waals surface area contributed by atoms with Gasteiger partial charge in [0.15, 0.2) is 0 Å². The fourth-order valence-electron chi connectivity index (χ4n) is 4.80. The van der Waals surface area contributed by atoms with Crippen LogP contribution in [-0.2, 0) is 0 Å². The van der Waals surface area contributed by atoms with E-state index in [4.69, 9.17) is 0 Å². The highest BCUT2D eigenvalue weighted by Crippen LogP contribution is 2.42. The molecule has 1 fully saturated rings. The maximum absolute atomic E-state index is 3.84. The Hall–Kier alpha value is -1.08. The third-order valence-corrected chi connectivity index (χ3v) is 6.78. The van der Waals surface area contributed by atoms with Crippen LogP contribution in [0.1, 0.15) is 93.4 Å². The summed E-state index contributed by atoms with van der Waals surface area (Å²) >= 11 is 0. The molecule has 0 aromatic carbocycles. The summed E-state index contributed by atoms with van der Waals surface area (Å²) < 4.78 is 0. The zero-order chi connectivity index (χ0) is 20.1. The predicted octanol–water partition coefficient (Wildman–Crippen LogP) is 8.26. The van der Waals surface area contributed by atoms with Gasteiger partial charge >= 0.3 is 0 Å². The molecule has 1 heteroatoms. The Balaban J connectivity index is 0.000000465. The van der Waals surface area contributed by atoms with Crippen LogP contribution in [0.3, 0.4) is 0 Å². The topological polar surface area (TPSA) is 12.0 Å². The molecule has 0 aromatic heterocycles. The molecule has 0 saturated carbocycles. The van der Waals surface area contributed by atoms with Gasteiger partial charge in [0.1, 0.15) is 0 Å². The van der Waals surface area contributed by atoms with Crippen LogP contribution in [0.4, 0.5) is 0 Å². The predicted molar refractivity (Wildman–Crippen MR) is 130 cm³/mol. The van der Waals surface area contributed by atoms with Crippen LogP contribution in [0, 0.1) is 17.3 Å². The molecule has 162 valence electrons. The van der Waals surface area contributed by atoms with Gasteiger partial charge in [-0.25, -0.2) is 0 Å². The molecule has 2 aliphatic carbocycles. The number of allylic oxidation sites excluding steroid dienone is 7. The summed E-state index contributed by atoms with van der Waals surface area (Å²) in [5, 5.41) is 3.45. The van der Waals surface area contributed by atoms with E-state index in [-0.39, 0.29) is 7.43 Å². The molecule has 0 amide bonds. The van der Waals surface area contributed by atoms with E-state index in [1.807, 2.05) is 19.9 Å². The van der Waals surface area contributed by atoms with Crippen molar-refractivity contribution in [1.82, 2.24) is 5.32 Å². The Kier molecular flexibility index (Phi) is 14.3. The van der Waals surface area contributed by atoms with E-state index in [0.29, 0.717) is 5.41 Å². The molecule has 0 aromatic rings. The minimum atomic E-state index is 0.